The average Bonchev–Trinajstić information content (AvgIpc) is 2.99. The van der Waals surface area contributed by atoms with Crippen molar-refractivity contribution in [1.29, 1.82) is 0 Å². The molecule has 7 heteroatoms. The summed E-state index contributed by atoms with van der Waals surface area (Å²) in [5, 5.41) is 0.514. The van der Waals surface area contributed by atoms with Gasteiger partial charge in [0.2, 0.25) is 0 Å². The van der Waals surface area contributed by atoms with E-state index in [2.05, 4.69) is 9.97 Å². The van der Waals surface area contributed by atoms with Crippen LogP contribution in [0.25, 0.3) is 0 Å². The molecule has 1 aromatic carbocycles. The highest BCUT2D eigenvalue weighted by molar-refractivity contribution is 6.30. The van der Waals surface area contributed by atoms with Crippen molar-refractivity contribution in [2.75, 3.05) is 6.54 Å². The molecule has 0 bridgehead atoms. The second-order valence-corrected chi connectivity index (χ2v) is 10.2. The van der Waals surface area contributed by atoms with Crippen molar-refractivity contribution in [3.63, 3.8) is 0 Å². The van der Waals surface area contributed by atoms with Gasteiger partial charge in [0, 0.05) is 54.0 Å². The number of hydrogen-bond donors (Lipinski definition) is 0. The largest absolute Gasteiger partial charge is 0.328 e. The molecular formula is C29H28ClN3O3. The molecule has 1 aliphatic carbocycles. The monoisotopic (exact) mass is 501 g/mol. The summed E-state index contributed by atoms with van der Waals surface area (Å²) >= 11 is 6.19. The number of halogens is 1. The molecule has 36 heavy (non-hydrogen) atoms. The number of hydrogen-bond acceptors (Lipinski definition) is 5. The van der Waals surface area contributed by atoms with E-state index in [9.17, 15) is 14.4 Å². The molecule has 0 N–H and O–H groups in total. The molecule has 0 unspecified atom stereocenters. The van der Waals surface area contributed by atoms with Crippen LogP contribution in [0.2, 0.25) is 5.02 Å². The highest BCUT2D eigenvalue weighted by Crippen LogP contribution is 2.33. The molecule has 1 amide bonds. The third-order valence-electron chi connectivity index (χ3n) is 7.39. The molecule has 1 atom stereocenters. The number of amides is 1. The fourth-order valence-corrected chi connectivity index (χ4v) is 5.64. The second kappa shape index (κ2) is 10.7. The third-order valence-corrected chi connectivity index (χ3v) is 7.62. The Morgan fingerprint density at radius 3 is 2.39 bits per heavy atom. The van der Waals surface area contributed by atoms with Crippen molar-refractivity contribution in [2.24, 2.45) is 11.8 Å². The quantitative estimate of drug-likeness (QED) is 0.444. The summed E-state index contributed by atoms with van der Waals surface area (Å²) in [5.41, 5.74) is 2.51. The van der Waals surface area contributed by atoms with E-state index in [0.717, 1.165) is 31.4 Å². The first kappa shape index (κ1) is 24.3. The zero-order valence-corrected chi connectivity index (χ0v) is 20.7. The fraction of sp³-hybridized carbons (Fsp3) is 0.345. The van der Waals surface area contributed by atoms with Gasteiger partial charge < -0.3 is 4.90 Å². The molecule has 0 spiro atoms. The highest BCUT2D eigenvalue weighted by Gasteiger charge is 2.38. The van der Waals surface area contributed by atoms with Crippen LogP contribution in [-0.2, 0) is 17.6 Å². The van der Waals surface area contributed by atoms with Crippen molar-refractivity contribution in [2.45, 2.75) is 44.6 Å². The van der Waals surface area contributed by atoms with Gasteiger partial charge in [-0.05, 0) is 79.6 Å². The van der Waals surface area contributed by atoms with Crippen molar-refractivity contribution < 1.29 is 14.4 Å². The van der Waals surface area contributed by atoms with Crippen LogP contribution in [0.15, 0.2) is 67.0 Å². The Kier molecular flexibility index (Phi) is 7.23. The molecule has 3 heterocycles. The average molecular weight is 502 g/mol. The molecule has 1 aliphatic heterocycles. The van der Waals surface area contributed by atoms with E-state index in [4.69, 9.17) is 11.6 Å². The van der Waals surface area contributed by atoms with Crippen LogP contribution in [0.3, 0.4) is 0 Å². The van der Waals surface area contributed by atoms with Gasteiger partial charge in [0.25, 0.3) is 5.91 Å². The number of benzene rings is 1. The Bertz CT molecular complexity index is 1260. The molecule has 3 aromatic rings. The van der Waals surface area contributed by atoms with E-state index in [0.29, 0.717) is 34.8 Å². The summed E-state index contributed by atoms with van der Waals surface area (Å²) in [6.07, 6.45) is 7.06. The first-order valence-corrected chi connectivity index (χ1v) is 12.8. The Morgan fingerprint density at radius 1 is 0.944 bits per heavy atom. The minimum absolute atomic E-state index is 0.00552. The van der Waals surface area contributed by atoms with Crippen molar-refractivity contribution in [1.82, 2.24) is 14.9 Å². The molecule has 1 saturated carbocycles. The van der Waals surface area contributed by atoms with Gasteiger partial charge in [0.1, 0.15) is 5.69 Å². The van der Waals surface area contributed by atoms with Gasteiger partial charge in [-0.15, -0.1) is 0 Å². The molecule has 2 aromatic heterocycles. The summed E-state index contributed by atoms with van der Waals surface area (Å²) in [5.74, 6) is 0.113. The maximum atomic E-state index is 13.8. The van der Waals surface area contributed by atoms with Crippen molar-refractivity contribution in [3.05, 3.63) is 94.5 Å². The van der Waals surface area contributed by atoms with Gasteiger partial charge in [-0.3, -0.25) is 24.4 Å². The minimum atomic E-state index is -0.591. The Hall–Kier alpha value is -3.38. The Balaban J connectivity index is 1.35. The minimum Gasteiger partial charge on any atom is -0.328 e. The van der Waals surface area contributed by atoms with E-state index in [1.165, 1.54) is 0 Å². The molecule has 0 saturated heterocycles. The molecule has 0 radical (unpaired) electrons. The summed E-state index contributed by atoms with van der Waals surface area (Å²) in [6, 6.07) is 15.6. The standard InChI is InChI=1S/C29H28ClN3O3/c30-22-11-12-24-21(15-22)16-27(34)26(17-23-5-1-3-13-31-23)33(29(24)36)18-19-7-9-20(10-8-19)28(35)25-6-2-4-14-32-25/h1-6,11-15,19-20,26H,7-10,16-18H2/t19?,20?,26-/m1/s1. The summed E-state index contributed by atoms with van der Waals surface area (Å²) < 4.78 is 0. The van der Waals surface area contributed by atoms with Crippen molar-refractivity contribution in [3.8, 4) is 0 Å². The number of rotatable bonds is 6. The van der Waals surface area contributed by atoms with Crippen LogP contribution in [-0.4, -0.2) is 44.9 Å². The summed E-state index contributed by atoms with van der Waals surface area (Å²) in [6.45, 7) is 0.481. The van der Waals surface area contributed by atoms with E-state index >= 15 is 0 Å². The zero-order chi connectivity index (χ0) is 25.1. The van der Waals surface area contributed by atoms with Gasteiger partial charge >= 0.3 is 0 Å². The molecule has 184 valence electrons. The van der Waals surface area contributed by atoms with Gasteiger partial charge in [-0.25, -0.2) is 0 Å². The van der Waals surface area contributed by atoms with Gasteiger partial charge in [-0.1, -0.05) is 23.7 Å². The smallest absolute Gasteiger partial charge is 0.254 e. The fourth-order valence-electron chi connectivity index (χ4n) is 5.45. The lowest BCUT2D eigenvalue weighted by Gasteiger charge is -2.35. The van der Waals surface area contributed by atoms with Gasteiger partial charge in [-0.2, -0.15) is 0 Å². The van der Waals surface area contributed by atoms with E-state index < -0.39 is 6.04 Å². The molecular weight excluding hydrogens is 474 g/mol. The predicted octanol–water partition coefficient (Wildman–Crippen LogP) is 5.00. The topological polar surface area (TPSA) is 80.2 Å². The summed E-state index contributed by atoms with van der Waals surface area (Å²) in [4.78, 5) is 50.5. The normalized spacial score (nSPS) is 22.1. The number of nitrogens with zero attached hydrogens (tertiary/aromatic N) is 3. The van der Waals surface area contributed by atoms with Crippen LogP contribution < -0.4 is 0 Å². The first-order chi connectivity index (χ1) is 17.5. The van der Waals surface area contributed by atoms with Crippen LogP contribution in [0, 0.1) is 11.8 Å². The second-order valence-electron chi connectivity index (χ2n) is 9.74. The number of carbonyl (C=O) groups excluding carboxylic acids is 3. The highest BCUT2D eigenvalue weighted by atomic mass is 35.5. The lowest BCUT2D eigenvalue weighted by atomic mass is 9.79. The van der Waals surface area contributed by atoms with Crippen molar-refractivity contribution >= 4 is 29.1 Å². The van der Waals surface area contributed by atoms with Crippen LogP contribution in [0.1, 0.15) is 57.8 Å². The zero-order valence-electron chi connectivity index (χ0n) is 20.0. The van der Waals surface area contributed by atoms with E-state index in [-0.39, 0.29) is 35.7 Å². The lowest BCUT2D eigenvalue weighted by molar-refractivity contribution is -0.122. The number of fused-ring (bicyclic) bond motifs is 1. The number of carbonyl (C=O) groups is 3. The van der Waals surface area contributed by atoms with E-state index in [1.807, 2.05) is 24.3 Å². The van der Waals surface area contributed by atoms with Gasteiger partial charge in [0.15, 0.2) is 11.6 Å². The summed E-state index contributed by atoms with van der Waals surface area (Å²) in [7, 11) is 0. The predicted molar refractivity (Wildman–Crippen MR) is 137 cm³/mol. The van der Waals surface area contributed by atoms with Crippen LogP contribution >= 0.6 is 11.6 Å². The number of Topliss-reactive ketones (excluding diaryl/α,β-unsaturated/α-hetero) is 2. The Labute approximate surface area is 215 Å². The van der Waals surface area contributed by atoms with Crippen LogP contribution in [0.4, 0.5) is 0 Å². The molecule has 2 aliphatic rings. The number of pyridine rings is 2. The number of ketones is 2. The third kappa shape index (κ3) is 5.24. The maximum Gasteiger partial charge on any atom is 0.254 e. The molecule has 1 fully saturated rings. The SMILES string of the molecule is O=C(c1ccccn1)C1CCC(CN2C(=O)c3ccc(Cl)cc3CC(=O)[C@H]2Cc2ccccn2)CC1. The molecule has 5 rings (SSSR count). The van der Waals surface area contributed by atoms with E-state index in [1.54, 1.807) is 47.6 Å². The number of aromatic nitrogens is 2. The lowest BCUT2D eigenvalue weighted by Crippen LogP contribution is -2.48. The maximum absolute atomic E-state index is 13.8. The Morgan fingerprint density at radius 2 is 1.69 bits per heavy atom. The first-order valence-electron chi connectivity index (χ1n) is 12.5. The van der Waals surface area contributed by atoms with Crippen LogP contribution in [0.5, 0.6) is 0 Å². The van der Waals surface area contributed by atoms with Gasteiger partial charge in [0.05, 0.1) is 6.04 Å². The molecule has 6 nitrogen and oxygen atoms in total.